The topological polar surface area (TPSA) is 98.7 Å². The number of nitrogens with one attached hydrogen (secondary N) is 1. The van der Waals surface area contributed by atoms with E-state index in [0.717, 1.165) is 19.2 Å². The van der Waals surface area contributed by atoms with E-state index in [1.54, 1.807) is 22.5 Å². The van der Waals surface area contributed by atoms with Gasteiger partial charge in [0.1, 0.15) is 28.9 Å². The van der Waals surface area contributed by atoms with Gasteiger partial charge in [0, 0.05) is 42.1 Å². The second kappa shape index (κ2) is 9.49. The zero-order valence-electron chi connectivity index (χ0n) is 20.0. The van der Waals surface area contributed by atoms with Crippen LogP contribution in [-0.4, -0.2) is 64.0 Å². The quantitative estimate of drug-likeness (QED) is 0.493. The number of fused-ring (bicyclic) bond motifs is 2. The van der Waals surface area contributed by atoms with Crippen LogP contribution in [-0.2, 0) is 9.47 Å². The Hall–Kier alpha value is -3.38. The van der Waals surface area contributed by atoms with Gasteiger partial charge in [-0.2, -0.15) is 9.37 Å². The number of halogens is 2. The first-order chi connectivity index (χ1) is 17.9. The molecule has 3 aromatic rings. The number of aromatic nitrogens is 3. The Morgan fingerprint density at radius 1 is 1.19 bits per heavy atom. The molecule has 0 spiro atoms. The molecular formula is C25H25F2N5O4S. The molecule has 3 aliphatic rings. The van der Waals surface area contributed by atoms with Crippen molar-refractivity contribution in [1.82, 2.24) is 19.9 Å². The number of rotatable bonds is 6. The molecule has 2 unspecified atom stereocenters. The highest BCUT2D eigenvalue weighted by Crippen LogP contribution is 2.40. The van der Waals surface area contributed by atoms with Crippen molar-refractivity contribution in [1.29, 1.82) is 0 Å². The van der Waals surface area contributed by atoms with Crippen molar-refractivity contribution < 1.29 is 27.8 Å². The Kier molecular flexibility index (Phi) is 6.15. The molecule has 1 amide bonds. The minimum atomic E-state index is -0.826. The van der Waals surface area contributed by atoms with Crippen molar-refractivity contribution >= 4 is 28.9 Å². The van der Waals surface area contributed by atoms with Crippen LogP contribution in [0.3, 0.4) is 0 Å². The Labute approximate surface area is 215 Å². The summed E-state index contributed by atoms with van der Waals surface area (Å²) in [5.74, 6) is -2.18. The molecule has 4 heterocycles. The average molecular weight is 530 g/mol. The molecule has 12 heteroatoms. The summed E-state index contributed by atoms with van der Waals surface area (Å²) in [6.07, 6.45) is 3.82. The lowest BCUT2D eigenvalue weighted by Crippen LogP contribution is -2.59. The number of piperidine rings is 1. The van der Waals surface area contributed by atoms with E-state index < -0.39 is 17.7 Å². The SMILES string of the molecule is CC1(OC(=O)N2CC3COCC(C2)C3Oc2ncnc(Nc3ccc(-c4nccs4)cc3F)c2F)CC1. The molecule has 1 aromatic carbocycles. The molecule has 2 saturated heterocycles. The third-order valence-electron chi connectivity index (χ3n) is 6.96. The van der Waals surface area contributed by atoms with Gasteiger partial charge in [-0.3, -0.25) is 0 Å². The molecule has 1 aliphatic carbocycles. The number of carbonyl (C=O) groups excluding carboxylic acids is 1. The molecule has 2 aromatic heterocycles. The van der Waals surface area contributed by atoms with Crippen LogP contribution in [0.2, 0.25) is 0 Å². The lowest BCUT2D eigenvalue weighted by Gasteiger charge is -2.46. The van der Waals surface area contributed by atoms with E-state index in [9.17, 15) is 9.18 Å². The van der Waals surface area contributed by atoms with E-state index >= 15 is 4.39 Å². The van der Waals surface area contributed by atoms with E-state index in [2.05, 4.69) is 20.3 Å². The van der Waals surface area contributed by atoms with Gasteiger partial charge in [0.15, 0.2) is 5.82 Å². The zero-order chi connectivity index (χ0) is 25.6. The van der Waals surface area contributed by atoms with Gasteiger partial charge >= 0.3 is 6.09 Å². The zero-order valence-corrected chi connectivity index (χ0v) is 20.8. The predicted molar refractivity (Wildman–Crippen MR) is 131 cm³/mol. The van der Waals surface area contributed by atoms with E-state index in [4.69, 9.17) is 14.2 Å². The first kappa shape index (κ1) is 24.0. The lowest BCUT2D eigenvalue weighted by molar-refractivity contribution is -0.112. The number of carbonyl (C=O) groups is 1. The maximum absolute atomic E-state index is 15.4. The minimum Gasteiger partial charge on any atom is -0.471 e. The van der Waals surface area contributed by atoms with Gasteiger partial charge in [0.05, 0.1) is 18.9 Å². The molecule has 1 N–H and O–H groups in total. The molecule has 2 bridgehead atoms. The fraction of sp³-hybridized carbons (Fsp3) is 0.440. The highest BCUT2D eigenvalue weighted by atomic mass is 32.1. The summed E-state index contributed by atoms with van der Waals surface area (Å²) in [6, 6.07) is 4.54. The van der Waals surface area contributed by atoms with Gasteiger partial charge in [-0.25, -0.2) is 19.2 Å². The summed E-state index contributed by atoms with van der Waals surface area (Å²) in [4.78, 5) is 26.4. The maximum atomic E-state index is 15.4. The monoisotopic (exact) mass is 529 g/mol. The summed E-state index contributed by atoms with van der Waals surface area (Å²) < 4.78 is 47.5. The molecule has 6 rings (SSSR count). The normalized spacial score (nSPS) is 23.9. The fourth-order valence-corrected chi connectivity index (χ4v) is 5.32. The molecule has 1 saturated carbocycles. The Balaban J connectivity index is 1.16. The van der Waals surface area contributed by atoms with Gasteiger partial charge in [0.25, 0.3) is 5.88 Å². The van der Waals surface area contributed by atoms with Gasteiger partial charge in [0.2, 0.25) is 5.82 Å². The number of hydrogen-bond acceptors (Lipinski definition) is 9. The van der Waals surface area contributed by atoms with Gasteiger partial charge in [-0.15, -0.1) is 11.3 Å². The fourth-order valence-electron chi connectivity index (χ4n) is 4.69. The third-order valence-corrected chi connectivity index (χ3v) is 7.78. The largest absolute Gasteiger partial charge is 0.471 e. The molecule has 3 fully saturated rings. The molecule has 2 atom stereocenters. The van der Waals surface area contributed by atoms with Gasteiger partial charge in [-0.05, 0) is 38.0 Å². The van der Waals surface area contributed by atoms with Crippen LogP contribution in [0.4, 0.5) is 25.1 Å². The van der Waals surface area contributed by atoms with Crippen molar-refractivity contribution in [2.75, 3.05) is 31.6 Å². The van der Waals surface area contributed by atoms with Crippen LogP contribution in [0, 0.1) is 23.5 Å². The number of hydrogen-bond donors (Lipinski definition) is 1. The summed E-state index contributed by atoms with van der Waals surface area (Å²) in [6.45, 7) is 3.43. The van der Waals surface area contributed by atoms with Gasteiger partial charge < -0.3 is 24.4 Å². The van der Waals surface area contributed by atoms with Crippen LogP contribution in [0.15, 0.2) is 36.1 Å². The van der Waals surface area contributed by atoms with Crippen LogP contribution < -0.4 is 10.1 Å². The second-order valence-electron chi connectivity index (χ2n) is 9.86. The molecule has 0 radical (unpaired) electrons. The highest BCUT2D eigenvalue weighted by molar-refractivity contribution is 7.13. The van der Waals surface area contributed by atoms with Crippen molar-refractivity contribution in [2.45, 2.75) is 31.5 Å². The molecule has 2 aliphatic heterocycles. The van der Waals surface area contributed by atoms with Crippen LogP contribution in [0.25, 0.3) is 10.6 Å². The Morgan fingerprint density at radius 2 is 1.97 bits per heavy atom. The third kappa shape index (κ3) is 4.95. The number of amides is 1. The molecule has 194 valence electrons. The van der Waals surface area contributed by atoms with E-state index in [1.165, 1.54) is 23.5 Å². The highest BCUT2D eigenvalue weighted by Gasteiger charge is 2.47. The minimum absolute atomic E-state index is 0.0605. The van der Waals surface area contributed by atoms with Crippen molar-refractivity contribution in [3.05, 3.63) is 47.7 Å². The first-order valence-corrected chi connectivity index (χ1v) is 13.0. The van der Waals surface area contributed by atoms with Crippen molar-refractivity contribution in [2.24, 2.45) is 11.8 Å². The van der Waals surface area contributed by atoms with Gasteiger partial charge in [-0.1, -0.05) is 0 Å². The average Bonchev–Trinajstić information content (AvgIpc) is 3.35. The summed E-state index contributed by atoms with van der Waals surface area (Å²) in [5, 5.41) is 5.19. The van der Waals surface area contributed by atoms with Crippen molar-refractivity contribution in [3.8, 4) is 16.5 Å². The van der Waals surface area contributed by atoms with Crippen molar-refractivity contribution in [3.63, 3.8) is 0 Å². The number of ether oxygens (including phenoxy) is 3. The number of anilines is 2. The number of benzene rings is 1. The second-order valence-corrected chi connectivity index (χ2v) is 10.8. The van der Waals surface area contributed by atoms with E-state index in [1.807, 2.05) is 6.92 Å². The van der Waals surface area contributed by atoms with Crippen LogP contribution >= 0.6 is 11.3 Å². The summed E-state index contributed by atoms with van der Waals surface area (Å²) in [5.41, 5.74) is 0.329. The van der Waals surface area contributed by atoms with Crippen LogP contribution in [0.1, 0.15) is 19.8 Å². The standard InChI is InChI=1S/C25H25F2N5O4S/c1-25(4-5-25)36-24(33)32-9-15-11-34-12-16(10-32)20(15)35-22-19(27)21(29-13-30-22)31-18-3-2-14(8-17(18)26)23-28-6-7-37-23/h2-3,6-8,13,15-16,20H,4-5,9-12H2,1H3,(H,29,30,31). The number of likely N-dealkylation sites (tertiary alicyclic amines) is 1. The molecule has 37 heavy (non-hydrogen) atoms. The smallest absolute Gasteiger partial charge is 0.410 e. The van der Waals surface area contributed by atoms with E-state index in [0.29, 0.717) is 36.9 Å². The maximum Gasteiger partial charge on any atom is 0.410 e. The lowest BCUT2D eigenvalue weighted by atomic mass is 9.84. The summed E-state index contributed by atoms with van der Waals surface area (Å²) >= 11 is 1.40. The number of thiazole rings is 1. The van der Waals surface area contributed by atoms with E-state index in [-0.39, 0.29) is 40.9 Å². The Morgan fingerprint density at radius 3 is 2.65 bits per heavy atom. The predicted octanol–water partition coefficient (Wildman–Crippen LogP) is 4.64. The molecule has 9 nitrogen and oxygen atoms in total. The van der Waals surface area contributed by atoms with Crippen LogP contribution in [0.5, 0.6) is 5.88 Å². The molecular weight excluding hydrogens is 504 g/mol. The summed E-state index contributed by atoms with van der Waals surface area (Å²) in [7, 11) is 0. The number of nitrogens with zero attached hydrogens (tertiary/aromatic N) is 4. The first-order valence-electron chi connectivity index (χ1n) is 12.1. The Bertz CT molecular complexity index is 1290.